The molecular weight excluding hydrogens is 507 g/mol. The first-order valence-corrected chi connectivity index (χ1v) is 13.3. The Balaban J connectivity index is 1.53. The summed E-state index contributed by atoms with van der Waals surface area (Å²) < 4.78 is 48.2. The molecule has 0 atom stereocenters. The average molecular weight is 531 g/mol. The number of piperazine rings is 1. The zero-order valence-electron chi connectivity index (χ0n) is 19.4. The highest BCUT2D eigenvalue weighted by atomic mass is 32.2. The van der Waals surface area contributed by atoms with E-state index in [0.29, 0.717) is 15.0 Å². The molecule has 1 aliphatic rings. The van der Waals surface area contributed by atoms with Gasteiger partial charge >= 0.3 is 6.09 Å². The van der Waals surface area contributed by atoms with Crippen molar-refractivity contribution in [3.8, 4) is 12.3 Å². The van der Waals surface area contributed by atoms with E-state index in [9.17, 15) is 22.4 Å². The van der Waals surface area contributed by atoms with Gasteiger partial charge in [-0.2, -0.15) is 9.30 Å². The molecule has 0 saturated carbocycles. The van der Waals surface area contributed by atoms with Crippen molar-refractivity contribution in [3.05, 3.63) is 58.6 Å². The fourth-order valence-corrected chi connectivity index (χ4v) is 6.25. The van der Waals surface area contributed by atoms with Crippen molar-refractivity contribution in [1.82, 2.24) is 13.8 Å². The predicted molar refractivity (Wildman–Crippen MR) is 132 cm³/mol. The van der Waals surface area contributed by atoms with Crippen LogP contribution in [0.4, 0.5) is 9.18 Å². The fraction of sp³-hybridized carbons (Fsp3) is 0.292. The maximum absolute atomic E-state index is 13.6. The largest absolute Gasteiger partial charge is 0.450 e. The molecule has 188 valence electrons. The van der Waals surface area contributed by atoms with Gasteiger partial charge in [-0.1, -0.05) is 17.3 Å². The van der Waals surface area contributed by atoms with Crippen molar-refractivity contribution in [2.45, 2.75) is 18.4 Å². The zero-order chi connectivity index (χ0) is 25.9. The lowest BCUT2D eigenvalue weighted by Gasteiger charge is -2.33. The number of carbonyl (C=O) groups is 2. The first-order valence-electron chi connectivity index (χ1n) is 11.1. The summed E-state index contributed by atoms with van der Waals surface area (Å²) in [6, 6.07) is 9.73. The van der Waals surface area contributed by atoms with Crippen LogP contribution >= 0.6 is 11.3 Å². The van der Waals surface area contributed by atoms with E-state index in [-0.39, 0.29) is 49.8 Å². The number of benzene rings is 2. The van der Waals surface area contributed by atoms with Gasteiger partial charge in [0, 0.05) is 31.7 Å². The van der Waals surface area contributed by atoms with Gasteiger partial charge in [0.15, 0.2) is 4.80 Å². The van der Waals surface area contributed by atoms with Crippen LogP contribution in [-0.4, -0.2) is 67.0 Å². The summed E-state index contributed by atoms with van der Waals surface area (Å²) in [6.45, 7) is 2.84. The molecule has 9 nitrogen and oxygen atoms in total. The normalized spacial score (nSPS) is 15.1. The van der Waals surface area contributed by atoms with Gasteiger partial charge in [0.2, 0.25) is 10.0 Å². The van der Waals surface area contributed by atoms with Crippen LogP contribution in [0.3, 0.4) is 0 Å². The SMILES string of the molecule is C#CCn1c(=NC(=O)c2ccc(S(=O)(=O)N3CCN(C(=O)OCC)CC3)cc2)sc2cc(F)ccc21. The molecule has 36 heavy (non-hydrogen) atoms. The molecule has 1 aromatic heterocycles. The van der Waals surface area contributed by atoms with Crippen LogP contribution in [0.25, 0.3) is 10.2 Å². The minimum atomic E-state index is -3.81. The minimum Gasteiger partial charge on any atom is -0.450 e. The Morgan fingerprint density at radius 1 is 1.14 bits per heavy atom. The van der Waals surface area contributed by atoms with Crippen molar-refractivity contribution in [2.24, 2.45) is 4.99 Å². The summed E-state index contributed by atoms with van der Waals surface area (Å²) in [4.78, 5) is 30.6. The predicted octanol–water partition coefficient (Wildman–Crippen LogP) is 2.68. The molecule has 3 aromatic rings. The molecule has 0 spiro atoms. The van der Waals surface area contributed by atoms with Gasteiger partial charge in [-0.05, 0) is 49.4 Å². The molecule has 0 unspecified atom stereocenters. The van der Waals surface area contributed by atoms with Crippen LogP contribution < -0.4 is 4.80 Å². The van der Waals surface area contributed by atoms with Gasteiger partial charge in [-0.15, -0.1) is 6.42 Å². The van der Waals surface area contributed by atoms with E-state index in [0.717, 1.165) is 11.3 Å². The highest BCUT2D eigenvalue weighted by Crippen LogP contribution is 2.20. The smallest absolute Gasteiger partial charge is 0.409 e. The Kier molecular flexibility index (Phi) is 7.53. The van der Waals surface area contributed by atoms with E-state index in [1.165, 1.54) is 45.6 Å². The lowest BCUT2D eigenvalue weighted by molar-refractivity contribution is 0.0933. The van der Waals surface area contributed by atoms with Gasteiger partial charge in [0.05, 0.1) is 28.3 Å². The third-order valence-electron chi connectivity index (χ3n) is 5.60. The topological polar surface area (TPSA) is 101 Å². The monoisotopic (exact) mass is 530 g/mol. The number of sulfonamides is 1. The molecule has 0 radical (unpaired) electrons. The Hall–Kier alpha value is -3.53. The quantitative estimate of drug-likeness (QED) is 0.472. The molecule has 4 rings (SSSR count). The number of hydrogen-bond acceptors (Lipinski definition) is 6. The third-order valence-corrected chi connectivity index (χ3v) is 8.55. The molecule has 1 saturated heterocycles. The number of amides is 2. The summed E-state index contributed by atoms with van der Waals surface area (Å²) in [6.07, 6.45) is 4.99. The van der Waals surface area contributed by atoms with E-state index < -0.39 is 27.8 Å². The van der Waals surface area contributed by atoms with Crippen LogP contribution in [0, 0.1) is 18.2 Å². The van der Waals surface area contributed by atoms with E-state index in [2.05, 4.69) is 10.9 Å². The summed E-state index contributed by atoms with van der Waals surface area (Å²) >= 11 is 1.13. The second-order valence-electron chi connectivity index (χ2n) is 7.82. The molecule has 2 amide bonds. The molecule has 2 aromatic carbocycles. The molecule has 2 heterocycles. The number of hydrogen-bond donors (Lipinski definition) is 0. The maximum atomic E-state index is 13.6. The number of terminal acetylenes is 1. The number of thiazole rings is 1. The fourth-order valence-electron chi connectivity index (χ4n) is 3.77. The van der Waals surface area contributed by atoms with Gasteiger partial charge < -0.3 is 14.2 Å². The van der Waals surface area contributed by atoms with Crippen molar-refractivity contribution < 1.29 is 27.1 Å². The molecule has 1 fully saturated rings. The second-order valence-corrected chi connectivity index (χ2v) is 10.8. The Morgan fingerprint density at radius 2 is 1.83 bits per heavy atom. The molecular formula is C24H23FN4O5S2. The van der Waals surface area contributed by atoms with Gasteiger partial charge in [-0.3, -0.25) is 4.79 Å². The van der Waals surface area contributed by atoms with E-state index in [4.69, 9.17) is 11.2 Å². The van der Waals surface area contributed by atoms with Crippen molar-refractivity contribution >= 4 is 43.6 Å². The van der Waals surface area contributed by atoms with E-state index in [1.807, 2.05) is 0 Å². The summed E-state index contributed by atoms with van der Waals surface area (Å²) in [5.74, 6) is 1.51. The first-order chi connectivity index (χ1) is 17.2. The number of rotatable bonds is 5. The molecule has 1 aliphatic heterocycles. The second kappa shape index (κ2) is 10.6. The maximum Gasteiger partial charge on any atom is 0.409 e. The van der Waals surface area contributed by atoms with Crippen LogP contribution in [0.2, 0.25) is 0 Å². The summed E-state index contributed by atoms with van der Waals surface area (Å²) in [5.41, 5.74) is 0.854. The number of halogens is 1. The van der Waals surface area contributed by atoms with Crippen molar-refractivity contribution in [3.63, 3.8) is 0 Å². The molecule has 12 heteroatoms. The minimum absolute atomic E-state index is 0.0309. The molecule has 0 N–H and O–H groups in total. The number of ether oxygens (including phenoxy) is 1. The van der Waals surface area contributed by atoms with Crippen molar-refractivity contribution in [1.29, 1.82) is 0 Å². The standard InChI is InChI=1S/C24H23FN4O5S2/c1-3-11-29-20-10-7-18(25)16-21(20)35-23(29)26-22(30)17-5-8-19(9-6-17)36(32,33)28-14-12-27(13-15-28)24(31)34-4-2/h1,5-10,16H,4,11-15H2,2H3. The average Bonchev–Trinajstić information content (AvgIpc) is 3.20. The van der Waals surface area contributed by atoms with Crippen LogP contribution in [0.1, 0.15) is 17.3 Å². The number of fused-ring (bicyclic) bond motifs is 1. The summed E-state index contributed by atoms with van der Waals surface area (Å²) in [5, 5.41) is 0. The molecule has 0 aliphatic carbocycles. The van der Waals surface area contributed by atoms with Crippen LogP contribution in [-0.2, 0) is 21.3 Å². The number of aromatic nitrogens is 1. The van der Waals surface area contributed by atoms with Crippen molar-refractivity contribution in [2.75, 3.05) is 32.8 Å². The lowest BCUT2D eigenvalue weighted by atomic mass is 10.2. The highest BCUT2D eigenvalue weighted by molar-refractivity contribution is 7.89. The van der Waals surface area contributed by atoms with Gasteiger partial charge in [-0.25, -0.2) is 17.6 Å². The number of carbonyl (C=O) groups excluding carboxylic acids is 2. The highest BCUT2D eigenvalue weighted by Gasteiger charge is 2.30. The third kappa shape index (κ3) is 5.18. The lowest BCUT2D eigenvalue weighted by Crippen LogP contribution is -2.50. The Bertz CT molecular complexity index is 1510. The zero-order valence-corrected chi connectivity index (χ0v) is 21.0. The summed E-state index contributed by atoms with van der Waals surface area (Å²) in [7, 11) is -3.81. The van der Waals surface area contributed by atoms with E-state index in [1.54, 1.807) is 17.6 Å². The van der Waals surface area contributed by atoms with Crippen LogP contribution in [0.5, 0.6) is 0 Å². The Labute approximate surface area is 211 Å². The Morgan fingerprint density at radius 3 is 2.47 bits per heavy atom. The number of nitrogens with zero attached hydrogens (tertiary/aromatic N) is 4. The van der Waals surface area contributed by atoms with Crippen LogP contribution in [0.15, 0.2) is 52.4 Å². The first kappa shape index (κ1) is 25.6. The van der Waals surface area contributed by atoms with E-state index >= 15 is 0 Å². The van der Waals surface area contributed by atoms with Gasteiger partial charge in [0.25, 0.3) is 5.91 Å². The molecule has 0 bridgehead atoms. The van der Waals surface area contributed by atoms with Gasteiger partial charge in [0.1, 0.15) is 5.82 Å².